The summed E-state index contributed by atoms with van der Waals surface area (Å²) >= 11 is 1.33. The van der Waals surface area contributed by atoms with Gasteiger partial charge in [0, 0.05) is 12.5 Å². The molecule has 2 aromatic heterocycles. The predicted octanol–water partition coefficient (Wildman–Crippen LogP) is 3.67. The molecule has 0 aliphatic heterocycles. The number of hydrogen-bond acceptors (Lipinski definition) is 4. The van der Waals surface area contributed by atoms with Crippen LogP contribution in [0.25, 0.3) is 0 Å². The molecule has 1 atom stereocenters. The van der Waals surface area contributed by atoms with Crippen LogP contribution in [-0.4, -0.2) is 22.2 Å². The second-order valence-electron chi connectivity index (χ2n) is 7.34. The fourth-order valence-electron chi connectivity index (χ4n) is 3.59. The lowest BCUT2D eigenvalue weighted by Gasteiger charge is -2.25. The number of aromatic nitrogens is 2. The summed E-state index contributed by atoms with van der Waals surface area (Å²) in [5, 5.41) is 13.2. The molecule has 2 heterocycles. The van der Waals surface area contributed by atoms with E-state index in [9.17, 15) is 9.90 Å². The van der Waals surface area contributed by atoms with Crippen LogP contribution in [-0.2, 0) is 28.2 Å². The van der Waals surface area contributed by atoms with Gasteiger partial charge in [-0.25, -0.2) is 13.9 Å². The fourth-order valence-corrected chi connectivity index (χ4v) is 4.42. The van der Waals surface area contributed by atoms with Gasteiger partial charge in [0.2, 0.25) is 5.60 Å². The van der Waals surface area contributed by atoms with Gasteiger partial charge in [-0.05, 0) is 17.0 Å². The molecule has 2 aromatic carbocycles. The predicted molar refractivity (Wildman–Crippen MR) is 120 cm³/mol. The lowest BCUT2D eigenvalue weighted by molar-refractivity contribution is -0.694. The summed E-state index contributed by atoms with van der Waals surface area (Å²) in [5.41, 5.74) is -0.0853. The van der Waals surface area contributed by atoms with Crippen LogP contribution in [0, 0.1) is 6.92 Å². The van der Waals surface area contributed by atoms with Crippen molar-refractivity contribution < 1.29 is 19.2 Å². The van der Waals surface area contributed by atoms with Crippen molar-refractivity contribution in [2.45, 2.75) is 25.6 Å². The zero-order valence-electron chi connectivity index (χ0n) is 17.3. The van der Waals surface area contributed by atoms with Crippen molar-refractivity contribution in [3.8, 4) is 0 Å². The molecule has 0 aliphatic rings. The zero-order valence-corrected chi connectivity index (χ0v) is 18.2. The van der Waals surface area contributed by atoms with Gasteiger partial charge < -0.3 is 9.84 Å². The first kappa shape index (κ1) is 21.0. The van der Waals surface area contributed by atoms with Crippen molar-refractivity contribution in [2.75, 3.05) is 6.61 Å². The summed E-state index contributed by atoms with van der Waals surface area (Å²) in [6, 6.07) is 22.8. The van der Waals surface area contributed by atoms with Gasteiger partial charge in [0.15, 0.2) is 0 Å². The van der Waals surface area contributed by atoms with Gasteiger partial charge in [-0.1, -0.05) is 66.7 Å². The van der Waals surface area contributed by atoms with Gasteiger partial charge in [-0.2, -0.15) is 0 Å². The summed E-state index contributed by atoms with van der Waals surface area (Å²) in [7, 11) is 0. The van der Waals surface area contributed by atoms with Crippen molar-refractivity contribution in [3.63, 3.8) is 0 Å². The lowest BCUT2D eigenvalue weighted by Crippen LogP contribution is -2.38. The Balaban J connectivity index is 1.44. The van der Waals surface area contributed by atoms with Crippen molar-refractivity contribution >= 4 is 17.3 Å². The molecule has 1 N–H and O–H groups in total. The summed E-state index contributed by atoms with van der Waals surface area (Å²) in [6.07, 6.45) is 4.00. The number of esters is 1. The van der Waals surface area contributed by atoms with Crippen LogP contribution in [0.2, 0.25) is 0 Å². The smallest absolute Gasteiger partial charge is 0.348 e. The first-order chi connectivity index (χ1) is 15.1. The van der Waals surface area contributed by atoms with E-state index in [1.165, 1.54) is 16.9 Å². The van der Waals surface area contributed by atoms with E-state index in [0.29, 0.717) is 17.0 Å². The monoisotopic (exact) mass is 433 g/mol. The molecular weight excluding hydrogens is 408 g/mol. The molecule has 0 spiro atoms. The van der Waals surface area contributed by atoms with Crippen LogP contribution >= 0.6 is 11.3 Å². The first-order valence-electron chi connectivity index (χ1n) is 10.2. The van der Waals surface area contributed by atoms with Gasteiger partial charge in [0.05, 0.1) is 4.88 Å². The Bertz CT molecular complexity index is 1120. The highest BCUT2D eigenvalue weighted by Crippen LogP contribution is 2.34. The van der Waals surface area contributed by atoms with Crippen molar-refractivity contribution in [3.05, 3.63) is 112 Å². The van der Waals surface area contributed by atoms with Gasteiger partial charge in [-0.3, -0.25) is 0 Å². The van der Waals surface area contributed by atoms with Crippen molar-refractivity contribution in [1.82, 2.24) is 4.57 Å². The number of benzene rings is 2. The minimum Gasteiger partial charge on any atom is -0.459 e. The number of aliphatic hydroxyl groups is 1. The third-order valence-corrected chi connectivity index (χ3v) is 6.36. The summed E-state index contributed by atoms with van der Waals surface area (Å²) in [4.78, 5) is 13.5. The van der Waals surface area contributed by atoms with Crippen LogP contribution in [0.5, 0.6) is 0 Å². The number of hydrogen-bond donors (Lipinski definition) is 1. The van der Waals surface area contributed by atoms with Crippen LogP contribution < -0.4 is 4.57 Å². The molecule has 0 aliphatic carbocycles. The Morgan fingerprint density at radius 3 is 2.45 bits per heavy atom. The molecule has 0 bridgehead atoms. The van der Waals surface area contributed by atoms with Crippen LogP contribution in [0.1, 0.15) is 21.8 Å². The second kappa shape index (κ2) is 9.29. The van der Waals surface area contributed by atoms with Crippen LogP contribution in [0.3, 0.4) is 0 Å². The third-order valence-electron chi connectivity index (χ3n) is 5.38. The molecule has 158 valence electrons. The molecule has 0 fully saturated rings. The number of thiophene rings is 1. The number of ether oxygens (including phenoxy) is 1. The van der Waals surface area contributed by atoms with Gasteiger partial charge >= 0.3 is 5.97 Å². The average molecular weight is 434 g/mol. The number of carbonyl (C=O) groups is 1. The molecule has 4 aromatic rings. The third kappa shape index (κ3) is 4.45. The fraction of sp³-hybridized carbons (Fsp3) is 0.200. The van der Waals surface area contributed by atoms with Crippen LogP contribution in [0.4, 0.5) is 0 Å². The lowest BCUT2D eigenvalue weighted by atomic mass is 9.92. The summed E-state index contributed by atoms with van der Waals surface area (Å²) in [6.45, 7) is 3.50. The van der Waals surface area contributed by atoms with Crippen LogP contribution in [0.15, 0.2) is 90.6 Å². The van der Waals surface area contributed by atoms with Gasteiger partial charge in [-0.15, -0.1) is 11.3 Å². The summed E-state index contributed by atoms with van der Waals surface area (Å²) in [5.74, 6) is 0.402. The molecule has 0 radical (unpaired) electrons. The van der Waals surface area contributed by atoms with E-state index in [-0.39, 0.29) is 6.61 Å². The maximum atomic E-state index is 13.0. The standard InChI is InChI=1S/C25H25N2O3S/c1-20-26(14-15-27(20)19-21-9-4-2-5-10-21)16-17-30-24(28)25(29,23-13-8-18-31-23)22-11-6-3-7-12-22/h2-15,18,29H,16-17,19H2,1H3/q+1. The quantitative estimate of drug-likeness (QED) is 0.341. The Hall–Kier alpha value is -3.22. The minimum atomic E-state index is -1.81. The topological polar surface area (TPSA) is 55.3 Å². The summed E-state index contributed by atoms with van der Waals surface area (Å²) < 4.78 is 9.76. The Morgan fingerprint density at radius 2 is 1.77 bits per heavy atom. The van der Waals surface area contributed by atoms with E-state index in [1.54, 1.807) is 30.3 Å². The highest BCUT2D eigenvalue weighted by atomic mass is 32.1. The number of rotatable bonds is 8. The van der Waals surface area contributed by atoms with E-state index in [1.807, 2.05) is 59.6 Å². The van der Waals surface area contributed by atoms with Crippen molar-refractivity contribution in [1.29, 1.82) is 0 Å². The molecule has 4 rings (SSSR count). The SMILES string of the molecule is Cc1n(CCOC(=O)C(O)(c2ccccc2)c2cccs2)cc[n+]1Cc1ccccc1. The number of imidazole rings is 1. The second-order valence-corrected chi connectivity index (χ2v) is 8.29. The molecule has 1 unspecified atom stereocenters. The van der Waals surface area contributed by atoms with E-state index in [0.717, 1.165) is 12.4 Å². The molecule has 6 heteroatoms. The van der Waals surface area contributed by atoms with Crippen molar-refractivity contribution in [2.24, 2.45) is 0 Å². The van der Waals surface area contributed by atoms with Gasteiger partial charge in [0.25, 0.3) is 5.82 Å². The molecule has 31 heavy (non-hydrogen) atoms. The average Bonchev–Trinajstić information content (AvgIpc) is 3.46. The largest absolute Gasteiger partial charge is 0.459 e. The highest BCUT2D eigenvalue weighted by Gasteiger charge is 2.42. The number of nitrogens with zero attached hydrogens (tertiary/aromatic N) is 2. The maximum absolute atomic E-state index is 13.0. The zero-order chi connectivity index (χ0) is 21.7. The molecule has 0 amide bonds. The molecular formula is C25H25N2O3S+. The highest BCUT2D eigenvalue weighted by molar-refractivity contribution is 7.10. The van der Waals surface area contributed by atoms with Gasteiger partial charge in [0.1, 0.15) is 32.1 Å². The van der Waals surface area contributed by atoms with E-state index < -0.39 is 11.6 Å². The van der Waals surface area contributed by atoms with E-state index >= 15 is 0 Å². The molecule has 0 saturated heterocycles. The first-order valence-corrected chi connectivity index (χ1v) is 11.0. The normalized spacial score (nSPS) is 13.0. The Labute approximate surface area is 185 Å². The minimum absolute atomic E-state index is 0.167. The molecule has 0 saturated carbocycles. The number of carbonyl (C=O) groups excluding carboxylic acids is 1. The Kier molecular flexibility index (Phi) is 6.30. The maximum Gasteiger partial charge on any atom is 0.348 e. The Morgan fingerprint density at radius 1 is 1.06 bits per heavy atom. The van der Waals surface area contributed by atoms with E-state index in [4.69, 9.17) is 4.74 Å². The van der Waals surface area contributed by atoms with E-state index in [2.05, 4.69) is 16.7 Å². The molecule has 5 nitrogen and oxygen atoms in total.